The van der Waals surface area contributed by atoms with Gasteiger partial charge in [-0.3, -0.25) is 9.89 Å². The summed E-state index contributed by atoms with van der Waals surface area (Å²) in [6.07, 6.45) is 1.61. The lowest BCUT2D eigenvalue weighted by Crippen LogP contribution is -2.40. The van der Waals surface area contributed by atoms with Crippen LogP contribution in [0.2, 0.25) is 0 Å². The van der Waals surface area contributed by atoms with Crippen LogP contribution in [0.1, 0.15) is 31.1 Å². The molecule has 6 heteroatoms. The van der Waals surface area contributed by atoms with Crippen LogP contribution in [0.4, 0.5) is 0 Å². The van der Waals surface area contributed by atoms with E-state index < -0.39 is 0 Å². The number of carbonyl (C=O) groups is 1. The molecule has 0 aliphatic rings. The number of rotatable bonds is 2. The van der Waals surface area contributed by atoms with E-state index >= 15 is 0 Å². The SMILES string of the molecule is CC(C)(C)NC(=O)c1c[nH]nc1-c1nc2ccccc2s1. The minimum Gasteiger partial charge on any atom is -0.347 e. The lowest BCUT2D eigenvalue weighted by molar-refractivity contribution is 0.0920. The molecule has 108 valence electrons. The van der Waals surface area contributed by atoms with Crippen molar-refractivity contribution in [3.8, 4) is 10.7 Å². The zero-order valence-corrected chi connectivity index (χ0v) is 12.9. The lowest BCUT2D eigenvalue weighted by Gasteiger charge is -2.20. The fourth-order valence-corrected chi connectivity index (χ4v) is 2.98. The normalized spacial score (nSPS) is 11.8. The van der Waals surface area contributed by atoms with Gasteiger partial charge in [0.05, 0.1) is 15.8 Å². The summed E-state index contributed by atoms with van der Waals surface area (Å²) in [7, 11) is 0. The molecule has 0 atom stereocenters. The van der Waals surface area contributed by atoms with E-state index in [1.54, 1.807) is 6.20 Å². The third-order valence-corrected chi connectivity index (χ3v) is 3.91. The van der Waals surface area contributed by atoms with Crippen LogP contribution in [0.25, 0.3) is 20.9 Å². The molecular formula is C15H16N4OS. The van der Waals surface area contributed by atoms with Gasteiger partial charge in [0.1, 0.15) is 10.7 Å². The number of para-hydroxylation sites is 1. The molecule has 3 aromatic rings. The number of aromatic nitrogens is 3. The van der Waals surface area contributed by atoms with Gasteiger partial charge in [0.2, 0.25) is 0 Å². The van der Waals surface area contributed by atoms with E-state index in [0.29, 0.717) is 11.3 Å². The first-order valence-electron chi connectivity index (χ1n) is 6.66. The van der Waals surface area contributed by atoms with Crippen molar-refractivity contribution in [2.75, 3.05) is 0 Å². The molecule has 5 nitrogen and oxygen atoms in total. The van der Waals surface area contributed by atoms with Crippen molar-refractivity contribution in [3.05, 3.63) is 36.0 Å². The van der Waals surface area contributed by atoms with Gasteiger partial charge in [-0.05, 0) is 32.9 Å². The highest BCUT2D eigenvalue weighted by Gasteiger charge is 2.22. The van der Waals surface area contributed by atoms with Crippen LogP contribution in [0, 0.1) is 0 Å². The standard InChI is InChI=1S/C15H16N4OS/c1-15(2,3)18-13(20)9-8-16-19-12(9)14-17-10-6-4-5-7-11(10)21-14/h4-8H,1-3H3,(H,16,19)(H,18,20). The monoisotopic (exact) mass is 300 g/mol. The van der Waals surface area contributed by atoms with Crippen molar-refractivity contribution in [1.82, 2.24) is 20.5 Å². The summed E-state index contributed by atoms with van der Waals surface area (Å²) in [6, 6.07) is 7.89. The minimum absolute atomic E-state index is 0.148. The zero-order valence-electron chi connectivity index (χ0n) is 12.1. The summed E-state index contributed by atoms with van der Waals surface area (Å²) in [5.41, 5.74) is 1.74. The smallest absolute Gasteiger partial charge is 0.255 e. The molecule has 2 aromatic heterocycles. The molecule has 2 heterocycles. The van der Waals surface area contributed by atoms with Crippen molar-refractivity contribution in [3.63, 3.8) is 0 Å². The molecule has 0 saturated heterocycles. The lowest BCUT2D eigenvalue weighted by atomic mass is 10.1. The number of benzene rings is 1. The van der Waals surface area contributed by atoms with Crippen LogP contribution < -0.4 is 5.32 Å². The van der Waals surface area contributed by atoms with E-state index in [2.05, 4.69) is 20.5 Å². The van der Waals surface area contributed by atoms with E-state index in [9.17, 15) is 4.79 Å². The van der Waals surface area contributed by atoms with Gasteiger partial charge in [-0.25, -0.2) is 4.98 Å². The average molecular weight is 300 g/mol. The number of hydrogen-bond donors (Lipinski definition) is 2. The number of nitrogens with one attached hydrogen (secondary N) is 2. The molecule has 0 fully saturated rings. The maximum absolute atomic E-state index is 12.3. The first-order valence-corrected chi connectivity index (χ1v) is 7.48. The molecule has 3 rings (SSSR count). The Bertz CT molecular complexity index is 764. The minimum atomic E-state index is -0.292. The first-order chi connectivity index (χ1) is 9.94. The number of H-pyrrole nitrogens is 1. The predicted molar refractivity (Wildman–Crippen MR) is 84.4 cm³/mol. The third-order valence-electron chi connectivity index (χ3n) is 2.87. The first kappa shape index (κ1) is 13.8. The van der Waals surface area contributed by atoms with Crippen LogP contribution in [0.3, 0.4) is 0 Å². The second-order valence-electron chi connectivity index (χ2n) is 5.84. The Labute approximate surface area is 126 Å². The highest BCUT2D eigenvalue weighted by Crippen LogP contribution is 2.30. The van der Waals surface area contributed by atoms with Gasteiger partial charge in [-0.15, -0.1) is 11.3 Å². The largest absolute Gasteiger partial charge is 0.347 e. The second kappa shape index (κ2) is 4.96. The van der Waals surface area contributed by atoms with Gasteiger partial charge in [0.15, 0.2) is 0 Å². The van der Waals surface area contributed by atoms with Crippen LogP contribution >= 0.6 is 11.3 Å². The molecule has 1 aromatic carbocycles. The van der Waals surface area contributed by atoms with Gasteiger partial charge in [-0.1, -0.05) is 12.1 Å². The Morgan fingerprint density at radius 1 is 1.29 bits per heavy atom. The molecule has 2 N–H and O–H groups in total. The fraction of sp³-hybridized carbons (Fsp3) is 0.267. The maximum Gasteiger partial charge on any atom is 0.255 e. The van der Waals surface area contributed by atoms with Gasteiger partial charge >= 0.3 is 0 Å². The fourth-order valence-electron chi connectivity index (χ4n) is 2.01. The Morgan fingerprint density at radius 2 is 2.05 bits per heavy atom. The average Bonchev–Trinajstić information content (AvgIpc) is 3.02. The summed E-state index contributed by atoms with van der Waals surface area (Å²) in [4.78, 5) is 16.9. The van der Waals surface area contributed by atoms with Gasteiger partial charge in [0, 0.05) is 11.7 Å². The summed E-state index contributed by atoms with van der Waals surface area (Å²) < 4.78 is 1.08. The summed E-state index contributed by atoms with van der Waals surface area (Å²) in [5.74, 6) is -0.148. The van der Waals surface area contributed by atoms with E-state index in [4.69, 9.17) is 0 Å². The summed E-state index contributed by atoms with van der Waals surface area (Å²) in [5, 5.41) is 10.6. The maximum atomic E-state index is 12.3. The van der Waals surface area contributed by atoms with E-state index in [1.807, 2.05) is 45.0 Å². The van der Waals surface area contributed by atoms with Crippen molar-refractivity contribution in [2.45, 2.75) is 26.3 Å². The Kier molecular flexibility index (Phi) is 3.25. The quantitative estimate of drug-likeness (QED) is 0.763. The molecule has 0 saturated carbocycles. The zero-order chi connectivity index (χ0) is 15.0. The highest BCUT2D eigenvalue weighted by molar-refractivity contribution is 7.21. The summed E-state index contributed by atoms with van der Waals surface area (Å²) >= 11 is 1.53. The second-order valence-corrected chi connectivity index (χ2v) is 6.87. The molecule has 0 bridgehead atoms. The highest BCUT2D eigenvalue weighted by atomic mass is 32.1. The number of carbonyl (C=O) groups excluding carboxylic acids is 1. The molecule has 0 radical (unpaired) electrons. The Morgan fingerprint density at radius 3 is 2.76 bits per heavy atom. The number of amides is 1. The topological polar surface area (TPSA) is 70.7 Å². The van der Waals surface area contributed by atoms with E-state index in [0.717, 1.165) is 15.2 Å². The number of hydrogen-bond acceptors (Lipinski definition) is 4. The number of nitrogens with zero attached hydrogens (tertiary/aromatic N) is 2. The Balaban J connectivity index is 2.00. The molecule has 0 aliphatic heterocycles. The molecular weight excluding hydrogens is 284 g/mol. The molecule has 0 aliphatic carbocycles. The van der Waals surface area contributed by atoms with Gasteiger partial charge in [-0.2, -0.15) is 5.10 Å². The third kappa shape index (κ3) is 2.80. The molecule has 0 spiro atoms. The van der Waals surface area contributed by atoms with E-state index in [1.165, 1.54) is 11.3 Å². The van der Waals surface area contributed by atoms with Gasteiger partial charge in [0.25, 0.3) is 5.91 Å². The number of thiazole rings is 1. The van der Waals surface area contributed by atoms with Crippen LogP contribution in [0.5, 0.6) is 0 Å². The number of aromatic amines is 1. The molecule has 21 heavy (non-hydrogen) atoms. The number of fused-ring (bicyclic) bond motifs is 1. The predicted octanol–water partition coefficient (Wildman–Crippen LogP) is 3.21. The van der Waals surface area contributed by atoms with Crippen molar-refractivity contribution < 1.29 is 4.79 Å². The van der Waals surface area contributed by atoms with Crippen LogP contribution in [-0.4, -0.2) is 26.6 Å². The van der Waals surface area contributed by atoms with Crippen molar-refractivity contribution in [2.24, 2.45) is 0 Å². The van der Waals surface area contributed by atoms with Crippen molar-refractivity contribution >= 4 is 27.5 Å². The van der Waals surface area contributed by atoms with Crippen LogP contribution in [0.15, 0.2) is 30.5 Å². The van der Waals surface area contributed by atoms with Gasteiger partial charge < -0.3 is 5.32 Å². The van der Waals surface area contributed by atoms with Crippen LogP contribution in [-0.2, 0) is 0 Å². The summed E-state index contributed by atoms with van der Waals surface area (Å²) in [6.45, 7) is 5.84. The molecule has 0 unspecified atom stereocenters. The molecule has 1 amide bonds. The van der Waals surface area contributed by atoms with E-state index in [-0.39, 0.29) is 11.4 Å². The Hall–Kier alpha value is -2.21. The van der Waals surface area contributed by atoms with Crippen molar-refractivity contribution in [1.29, 1.82) is 0 Å².